The number of nitrogens with zero attached hydrogens (tertiary/aromatic N) is 2. The van der Waals surface area contributed by atoms with Crippen molar-refractivity contribution in [2.45, 2.75) is 4.90 Å². The Morgan fingerprint density at radius 3 is 2.55 bits per heavy atom. The minimum absolute atomic E-state index is 0.0842. The van der Waals surface area contributed by atoms with Gasteiger partial charge in [-0.15, -0.1) is 0 Å². The molecule has 0 bridgehead atoms. The van der Waals surface area contributed by atoms with Crippen molar-refractivity contribution in [3.8, 4) is 11.3 Å². The van der Waals surface area contributed by atoms with Crippen molar-refractivity contribution in [1.29, 1.82) is 0 Å². The summed E-state index contributed by atoms with van der Waals surface area (Å²) in [5, 5.41) is 12.6. The maximum Gasteiger partial charge on any atom is 0.356 e. The number of aromatic nitrogens is 2. The van der Waals surface area contributed by atoms with E-state index in [-0.39, 0.29) is 21.8 Å². The molecule has 0 saturated carbocycles. The molecule has 0 spiro atoms. The molecule has 2 aromatic rings. The molecule has 1 heterocycles. The summed E-state index contributed by atoms with van der Waals surface area (Å²) in [6.45, 7) is 0. The second kappa shape index (κ2) is 4.71. The average molecular weight is 298 g/mol. The average Bonchev–Trinajstić information content (AvgIpc) is 2.70. The van der Waals surface area contributed by atoms with Crippen LogP contribution in [0.1, 0.15) is 10.5 Å². The predicted octanol–water partition coefficient (Wildman–Crippen LogP) is 1.33. The van der Waals surface area contributed by atoms with E-state index in [0.29, 0.717) is 0 Å². The number of rotatable bonds is 3. The van der Waals surface area contributed by atoms with Crippen LogP contribution in [0.3, 0.4) is 0 Å². The van der Waals surface area contributed by atoms with Gasteiger partial charge in [0.2, 0.25) is 0 Å². The van der Waals surface area contributed by atoms with E-state index in [1.54, 1.807) is 0 Å². The Morgan fingerprint density at radius 2 is 2.05 bits per heavy atom. The first-order chi connectivity index (χ1) is 9.21. The molecule has 0 aliphatic carbocycles. The number of carboxylic acids is 1. The lowest BCUT2D eigenvalue weighted by molar-refractivity contribution is 0.0689. The lowest BCUT2D eigenvalue weighted by atomic mass is 10.1. The Balaban J connectivity index is 2.79. The highest BCUT2D eigenvalue weighted by molar-refractivity contribution is 7.90. The van der Waals surface area contributed by atoms with Crippen LogP contribution in [0.4, 0.5) is 4.39 Å². The molecule has 106 valence electrons. The van der Waals surface area contributed by atoms with Gasteiger partial charge in [-0.3, -0.25) is 4.68 Å². The first-order valence-corrected chi connectivity index (χ1v) is 7.37. The summed E-state index contributed by atoms with van der Waals surface area (Å²) in [5.41, 5.74) is -0.386. The zero-order valence-corrected chi connectivity index (χ0v) is 11.5. The number of halogens is 1. The number of hydrogen-bond donors (Lipinski definition) is 1. The molecule has 0 amide bonds. The van der Waals surface area contributed by atoms with Gasteiger partial charge in [-0.25, -0.2) is 17.6 Å². The number of aromatic carboxylic acids is 1. The van der Waals surface area contributed by atoms with Gasteiger partial charge in [0.25, 0.3) is 0 Å². The second-order valence-corrected chi connectivity index (χ2v) is 6.21. The van der Waals surface area contributed by atoms with Gasteiger partial charge < -0.3 is 5.11 Å². The van der Waals surface area contributed by atoms with E-state index in [9.17, 15) is 17.6 Å². The van der Waals surface area contributed by atoms with Gasteiger partial charge in [0.15, 0.2) is 15.5 Å². The maximum atomic E-state index is 14.0. The number of carbonyl (C=O) groups is 1. The number of benzene rings is 1. The lowest BCUT2D eigenvalue weighted by Crippen LogP contribution is -2.04. The monoisotopic (exact) mass is 298 g/mol. The molecule has 1 aromatic heterocycles. The highest BCUT2D eigenvalue weighted by Crippen LogP contribution is 2.30. The van der Waals surface area contributed by atoms with Crippen molar-refractivity contribution in [3.05, 3.63) is 35.8 Å². The van der Waals surface area contributed by atoms with E-state index >= 15 is 0 Å². The van der Waals surface area contributed by atoms with Crippen LogP contribution in [0, 0.1) is 5.82 Å². The van der Waals surface area contributed by atoms with E-state index in [1.165, 1.54) is 19.2 Å². The minimum Gasteiger partial charge on any atom is -0.476 e. The second-order valence-electron chi connectivity index (χ2n) is 4.23. The zero-order valence-electron chi connectivity index (χ0n) is 10.7. The molecule has 6 nitrogen and oxygen atoms in total. The third-order valence-corrected chi connectivity index (χ3v) is 3.87. The van der Waals surface area contributed by atoms with Crippen LogP contribution in [0.15, 0.2) is 29.2 Å². The lowest BCUT2D eigenvalue weighted by Gasteiger charge is -2.09. The first kappa shape index (κ1) is 14.2. The van der Waals surface area contributed by atoms with Gasteiger partial charge in [0, 0.05) is 13.3 Å². The largest absolute Gasteiger partial charge is 0.476 e. The van der Waals surface area contributed by atoms with Crippen molar-refractivity contribution >= 4 is 15.8 Å². The van der Waals surface area contributed by atoms with Crippen LogP contribution in [-0.4, -0.2) is 35.5 Å². The summed E-state index contributed by atoms with van der Waals surface area (Å²) >= 11 is 0. The number of aryl methyl sites for hydroxylation is 1. The molecule has 0 aliphatic rings. The van der Waals surface area contributed by atoms with Crippen molar-refractivity contribution in [1.82, 2.24) is 9.78 Å². The van der Waals surface area contributed by atoms with Crippen LogP contribution in [0.5, 0.6) is 0 Å². The van der Waals surface area contributed by atoms with Crippen molar-refractivity contribution in [2.75, 3.05) is 6.26 Å². The van der Waals surface area contributed by atoms with Crippen molar-refractivity contribution in [3.63, 3.8) is 0 Å². The minimum atomic E-state index is -3.66. The SMILES string of the molecule is Cn1nc(C(=O)O)cc1-c1c(F)cccc1S(C)(=O)=O. The summed E-state index contributed by atoms with van der Waals surface area (Å²) in [6.07, 6.45) is 0.958. The van der Waals surface area contributed by atoms with Gasteiger partial charge >= 0.3 is 5.97 Å². The van der Waals surface area contributed by atoms with Gasteiger partial charge in [0.05, 0.1) is 16.2 Å². The number of carboxylic acid groups (broad SMARTS) is 1. The smallest absolute Gasteiger partial charge is 0.356 e. The summed E-state index contributed by atoms with van der Waals surface area (Å²) in [6, 6.07) is 4.79. The fraction of sp³-hybridized carbons (Fsp3) is 0.167. The van der Waals surface area contributed by atoms with E-state index < -0.39 is 21.6 Å². The Morgan fingerprint density at radius 1 is 1.40 bits per heavy atom. The van der Waals surface area contributed by atoms with Gasteiger partial charge in [-0.05, 0) is 18.2 Å². The molecule has 0 aliphatic heterocycles. The fourth-order valence-corrected chi connectivity index (χ4v) is 2.77. The third-order valence-electron chi connectivity index (χ3n) is 2.73. The molecule has 0 saturated heterocycles. The van der Waals surface area contributed by atoms with Crippen LogP contribution < -0.4 is 0 Å². The molecule has 1 N–H and O–H groups in total. The molecule has 8 heteroatoms. The van der Waals surface area contributed by atoms with Crippen LogP contribution in [-0.2, 0) is 16.9 Å². The fourth-order valence-electron chi connectivity index (χ4n) is 1.87. The Hall–Kier alpha value is -2.22. The first-order valence-electron chi connectivity index (χ1n) is 5.48. The maximum absolute atomic E-state index is 14.0. The molecule has 1 aromatic carbocycles. The summed E-state index contributed by atoms with van der Waals surface area (Å²) in [4.78, 5) is 10.7. The molecule has 0 unspecified atom stereocenters. The van der Waals surface area contributed by atoms with E-state index in [0.717, 1.165) is 23.1 Å². The Labute approximate surface area is 114 Å². The number of sulfone groups is 1. The summed E-state index contributed by atoms with van der Waals surface area (Å²) in [5.74, 6) is -2.03. The van der Waals surface area contributed by atoms with Crippen molar-refractivity contribution in [2.24, 2.45) is 7.05 Å². The Bertz CT molecular complexity index is 796. The van der Waals surface area contributed by atoms with Gasteiger partial charge in [-0.2, -0.15) is 5.10 Å². The quantitative estimate of drug-likeness (QED) is 0.923. The van der Waals surface area contributed by atoms with E-state index in [2.05, 4.69) is 5.10 Å². The van der Waals surface area contributed by atoms with Gasteiger partial charge in [-0.1, -0.05) is 6.07 Å². The third kappa shape index (κ3) is 2.42. The topological polar surface area (TPSA) is 89.3 Å². The standard InChI is InChI=1S/C12H11FN2O4S/c1-15-9(6-8(14-15)12(16)17)11-7(13)4-3-5-10(11)20(2,18)19/h3-6H,1-2H3,(H,16,17). The molecule has 2 rings (SSSR count). The summed E-state index contributed by atoms with van der Waals surface area (Å²) < 4.78 is 38.6. The zero-order chi connectivity index (χ0) is 15.1. The van der Waals surface area contributed by atoms with Crippen molar-refractivity contribution < 1.29 is 22.7 Å². The van der Waals surface area contributed by atoms with E-state index in [4.69, 9.17) is 5.11 Å². The van der Waals surface area contributed by atoms with Gasteiger partial charge in [0.1, 0.15) is 5.82 Å². The highest BCUT2D eigenvalue weighted by atomic mass is 32.2. The molecular weight excluding hydrogens is 287 g/mol. The number of hydrogen-bond acceptors (Lipinski definition) is 4. The molecular formula is C12H11FN2O4S. The molecule has 20 heavy (non-hydrogen) atoms. The van der Waals surface area contributed by atoms with Crippen LogP contribution in [0.25, 0.3) is 11.3 Å². The molecule has 0 atom stereocenters. The van der Waals surface area contributed by atoms with E-state index in [1.807, 2.05) is 0 Å². The predicted molar refractivity (Wildman–Crippen MR) is 68.7 cm³/mol. The normalized spacial score (nSPS) is 11.6. The molecule has 0 fully saturated rings. The Kier molecular flexibility index (Phi) is 3.34. The highest BCUT2D eigenvalue weighted by Gasteiger charge is 2.22. The van der Waals surface area contributed by atoms with Crippen LogP contribution >= 0.6 is 0 Å². The summed E-state index contributed by atoms with van der Waals surface area (Å²) in [7, 11) is -2.24. The molecule has 0 radical (unpaired) electrons. The van der Waals surface area contributed by atoms with Crippen LogP contribution in [0.2, 0.25) is 0 Å².